The monoisotopic (exact) mass is 329 g/mol. The summed E-state index contributed by atoms with van der Waals surface area (Å²) in [5, 5.41) is 0. The van der Waals surface area contributed by atoms with Crippen molar-refractivity contribution in [3.63, 3.8) is 0 Å². The van der Waals surface area contributed by atoms with Crippen molar-refractivity contribution in [1.29, 1.82) is 0 Å². The van der Waals surface area contributed by atoms with Crippen molar-refractivity contribution in [2.45, 2.75) is 18.7 Å². The third-order valence-corrected chi connectivity index (χ3v) is 4.89. The summed E-state index contributed by atoms with van der Waals surface area (Å²) in [6.07, 6.45) is 3.23. The molecule has 118 valence electrons. The average molecular weight is 329 g/mol. The van der Waals surface area contributed by atoms with Crippen LogP contribution >= 0.6 is 11.8 Å². The molecule has 1 aromatic heterocycles. The van der Waals surface area contributed by atoms with Crippen LogP contribution < -0.4 is 5.76 Å². The maximum absolute atomic E-state index is 14.4. The fraction of sp³-hybridized carbons (Fsp3) is 0.167. The first-order chi connectivity index (χ1) is 11.0. The van der Waals surface area contributed by atoms with Gasteiger partial charge in [0.25, 0.3) is 0 Å². The quantitative estimate of drug-likeness (QED) is 0.660. The molecule has 23 heavy (non-hydrogen) atoms. The summed E-state index contributed by atoms with van der Waals surface area (Å²) in [5.74, 6) is -0.776. The summed E-state index contributed by atoms with van der Waals surface area (Å²) in [4.78, 5) is 12.7. The van der Waals surface area contributed by atoms with Crippen LogP contribution in [0, 0.1) is 19.7 Å². The Hall–Kier alpha value is -2.27. The normalized spacial score (nSPS) is 11.0. The van der Waals surface area contributed by atoms with Crippen LogP contribution in [0.25, 0.3) is 16.9 Å². The lowest BCUT2D eigenvalue weighted by Crippen LogP contribution is -2.13. The second-order valence-electron chi connectivity index (χ2n) is 5.25. The topological polar surface area (TPSA) is 35.1 Å². The van der Waals surface area contributed by atoms with Gasteiger partial charge in [0.1, 0.15) is 12.1 Å². The highest BCUT2D eigenvalue weighted by molar-refractivity contribution is 7.98. The van der Waals surface area contributed by atoms with Crippen molar-refractivity contribution in [2.24, 2.45) is 0 Å². The van der Waals surface area contributed by atoms with Gasteiger partial charge in [-0.15, -0.1) is 11.8 Å². The van der Waals surface area contributed by atoms with Gasteiger partial charge in [-0.05, 0) is 49.4 Å². The zero-order chi connectivity index (χ0) is 16.6. The molecule has 0 spiro atoms. The van der Waals surface area contributed by atoms with Crippen LogP contribution in [0.3, 0.4) is 0 Å². The van der Waals surface area contributed by atoms with Crippen molar-refractivity contribution < 1.29 is 8.81 Å². The molecule has 0 saturated carbocycles. The van der Waals surface area contributed by atoms with Gasteiger partial charge in [-0.25, -0.2) is 13.8 Å². The Morgan fingerprint density at radius 3 is 2.48 bits per heavy atom. The van der Waals surface area contributed by atoms with Gasteiger partial charge in [0.05, 0.1) is 11.4 Å². The predicted molar refractivity (Wildman–Crippen MR) is 91.0 cm³/mol. The van der Waals surface area contributed by atoms with Crippen LogP contribution in [0.15, 0.2) is 56.8 Å². The van der Waals surface area contributed by atoms with Crippen molar-refractivity contribution in [3.8, 4) is 16.9 Å². The molecule has 0 atom stereocenters. The van der Waals surface area contributed by atoms with E-state index in [2.05, 4.69) is 0 Å². The lowest BCUT2D eigenvalue weighted by Gasteiger charge is -2.14. The first kappa shape index (κ1) is 15.6. The highest BCUT2D eigenvalue weighted by Gasteiger charge is 2.18. The number of nitrogens with zero attached hydrogens (tertiary/aromatic N) is 1. The summed E-state index contributed by atoms with van der Waals surface area (Å²) in [7, 11) is 0. The van der Waals surface area contributed by atoms with E-state index in [9.17, 15) is 9.18 Å². The third kappa shape index (κ3) is 2.61. The fourth-order valence-electron chi connectivity index (χ4n) is 2.68. The minimum atomic E-state index is -0.488. The van der Waals surface area contributed by atoms with Gasteiger partial charge in [0.15, 0.2) is 0 Å². The Morgan fingerprint density at radius 2 is 1.83 bits per heavy atom. The lowest BCUT2D eigenvalue weighted by atomic mass is 10.0. The molecule has 5 heteroatoms. The van der Waals surface area contributed by atoms with E-state index in [0.29, 0.717) is 21.8 Å². The number of para-hydroxylation sites is 1. The smallest absolute Gasteiger partial charge is 0.415 e. The summed E-state index contributed by atoms with van der Waals surface area (Å²) < 4.78 is 20.9. The summed E-state index contributed by atoms with van der Waals surface area (Å²) in [6, 6.07) is 10.7. The van der Waals surface area contributed by atoms with Gasteiger partial charge < -0.3 is 4.42 Å². The second-order valence-corrected chi connectivity index (χ2v) is 6.06. The zero-order valence-corrected chi connectivity index (χ0v) is 13.9. The Bertz CT molecular complexity index is 913. The van der Waals surface area contributed by atoms with Crippen LogP contribution in [0.4, 0.5) is 4.39 Å². The van der Waals surface area contributed by atoms with E-state index in [4.69, 9.17) is 4.42 Å². The Labute approximate surface area is 137 Å². The van der Waals surface area contributed by atoms with E-state index >= 15 is 0 Å². The maximum atomic E-state index is 14.4. The molecule has 3 nitrogen and oxygen atoms in total. The number of thioether (sulfide) groups is 1. The van der Waals surface area contributed by atoms with Gasteiger partial charge in [-0.1, -0.05) is 18.2 Å². The predicted octanol–water partition coefficient (Wildman–Crippen LogP) is 4.58. The Kier molecular flexibility index (Phi) is 4.13. The highest BCUT2D eigenvalue weighted by atomic mass is 32.2. The van der Waals surface area contributed by atoms with Crippen molar-refractivity contribution in [1.82, 2.24) is 4.57 Å². The molecule has 1 heterocycles. The van der Waals surface area contributed by atoms with Crippen LogP contribution in [0.2, 0.25) is 0 Å². The van der Waals surface area contributed by atoms with Gasteiger partial charge in [0.2, 0.25) is 0 Å². The summed E-state index contributed by atoms with van der Waals surface area (Å²) >= 11 is 1.38. The largest absolute Gasteiger partial charge is 0.424 e. The minimum absolute atomic E-state index is 0.288. The van der Waals surface area contributed by atoms with Gasteiger partial charge >= 0.3 is 5.76 Å². The van der Waals surface area contributed by atoms with E-state index in [1.165, 1.54) is 28.7 Å². The molecule has 0 unspecified atom stereocenters. The highest BCUT2D eigenvalue weighted by Crippen LogP contribution is 2.34. The third-order valence-electron chi connectivity index (χ3n) is 3.98. The van der Waals surface area contributed by atoms with E-state index in [1.807, 2.05) is 50.4 Å². The molecule has 0 amide bonds. The van der Waals surface area contributed by atoms with Gasteiger partial charge in [-0.2, -0.15) is 0 Å². The Balaban J connectivity index is 2.28. The second kappa shape index (κ2) is 6.08. The van der Waals surface area contributed by atoms with Crippen LogP contribution in [-0.4, -0.2) is 10.8 Å². The molecule has 0 saturated heterocycles. The van der Waals surface area contributed by atoms with E-state index < -0.39 is 5.76 Å². The average Bonchev–Trinajstić information content (AvgIpc) is 2.93. The number of rotatable bonds is 3. The van der Waals surface area contributed by atoms with Crippen LogP contribution in [0.5, 0.6) is 0 Å². The molecule has 3 aromatic rings. The molecule has 0 bridgehead atoms. The molecule has 0 aliphatic rings. The SMILES string of the molecule is CSc1c(F)cc(-c2coc(=O)n2-c2ccccc2)c(C)c1C. The number of aromatic nitrogens is 1. The Morgan fingerprint density at radius 1 is 1.13 bits per heavy atom. The molecule has 2 aromatic carbocycles. The molecule has 0 fully saturated rings. The van der Waals surface area contributed by atoms with Crippen molar-refractivity contribution in [2.75, 3.05) is 6.26 Å². The van der Waals surface area contributed by atoms with E-state index in [0.717, 1.165) is 11.1 Å². The van der Waals surface area contributed by atoms with Crippen LogP contribution in [-0.2, 0) is 0 Å². The molecular weight excluding hydrogens is 313 g/mol. The number of halogens is 1. The molecule has 3 rings (SSSR count). The number of oxazole rings is 1. The molecule has 0 radical (unpaired) electrons. The fourth-order valence-corrected chi connectivity index (χ4v) is 3.40. The van der Waals surface area contributed by atoms with Crippen molar-refractivity contribution >= 4 is 11.8 Å². The molecule has 0 aliphatic heterocycles. The van der Waals surface area contributed by atoms with Gasteiger partial charge in [-0.3, -0.25) is 0 Å². The van der Waals surface area contributed by atoms with Crippen LogP contribution in [0.1, 0.15) is 11.1 Å². The molecule has 0 N–H and O–H groups in total. The number of hydrogen-bond acceptors (Lipinski definition) is 3. The lowest BCUT2D eigenvalue weighted by molar-refractivity contribution is 0.504. The summed E-state index contributed by atoms with van der Waals surface area (Å²) in [6.45, 7) is 3.81. The zero-order valence-electron chi connectivity index (χ0n) is 13.1. The van der Waals surface area contributed by atoms with E-state index in [-0.39, 0.29) is 5.82 Å². The first-order valence-electron chi connectivity index (χ1n) is 7.14. The summed E-state index contributed by atoms with van der Waals surface area (Å²) in [5.41, 5.74) is 3.70. The standard InChI is InChI=1S/C18H16FNO2S/c1-11-12(2)17(23-3)15(19)9-14(11)16-10-22-18(21)20(16)13-7-5-4-6-8-13/h4-10H,1-3H3. The minimum Gasteiger partial charge on any atom is -0.415 e. The maximum Gasteiger partial charge on any atom is 0.424 e. The first-order valence-corrected chi connectivity index (χ1v) is 8.37. The van der Waals surface area contributed by atoms with E-state index in [1.54, 1.807) is 0 Å². The van der Waals surface area contributed by atoms with Crippen molar-refractivity contribution in [3.05, 3.63) is 70.2 Å². The molecular formula is C18H16FNO2S. The van der Waals surface area contributed by atoms with Gasteiger partial charge in [0, 0.05) is 10.5 Å². The number of hydrogen-bond donors (Lipinski definition) is 0. The number of benzene rings is 2. The molecule has 0 aliphatic carbocycles.